The SMILES string of the molecule is CC(=NNc1cc(C)c2cc(Cl)ccc2n1)c1ccc(O)cc1. The maximum Gasteiger partial charge on any atom is 0.147 e. The van der Waals surface area contributed by atoms with Crippen LogP contribution >= 0.6 is 11.6 Å². The van der Waals surface area contributed by atoms with E-state index in [1.807, 2.05) is 50.2 Å². The molecule has 116 valence electrons. The maximum atomic E-state index is 9.32. The predicted octanol–water partition coefficient (Wildman–Crippen LogP) is 4.74. The van der Waals surface area contributed by atoms with Crippen LogP contribution in [-0.2, 0) is 0 Å². The van der Waals surface area contributed by atoms with Crippen LogP contribution in [0.25, 0.3) is 10.9 Å². The van der Waals surface area contributed by atoms with Gasteiger partial charge in [-0.1, -0.05) is 11.6 Å². The Morgan fingerprint density at radius 3 is 2.61 bits per heavy atom. The summed E-state index contributed by atoms with van der Waals surface area (Å²) in [6.07, 6.45) is 0. The second-order valence-corrected chi connectivity index (χ2v) is 5.78. The van der Waals surface area contributed by atoms with Crippen molar-refractivity contribution in [3.63, 3.8) is 0 Å². The second-order valence-electron chi connectivity index (χ2n) is 5.34. The number of rotatable bonds is 3. The Morgan fingerprint density at radius 2 is 1.87 bits per heavy atom. The predicted molar refractivity (Wildman–Crippen MR) is 95.4 cm³/mol. The monoisotopic (exact) mass is 325 g/mol. The summed E-state index contributed by atoms with van der Waals surface area (Å²) in [6, 6.07) is 14.5. The molecule has 4 nitrogen and oxygen atoms in total. The van der Waals surface area contributed by atoms with Gasteiger partial charge in [0.1, 0.15) is 11.6 Å². The molecule has 0 radical (unpaired) electrons. The Kier molecular flexibility index (Phi) is 4.17. The van der Waals surface area contributed by atoms with Crippen molar-refractivity contribution in [2.24, 2.45) is 5.10 Å². The van der Waals surface area contributed by atoms with E-state index in [2.05, 4.69) is 15.5 Å². The minimum absolute atomic E-state index is 0.236. The van der Waals surface area contributed by atoms with Crippen molar-refractivity contribution in [1.82, 2.24) is 4.98 Å². The number of nitrogens with one attached hydrogen (secondary N) is 1. The van der Waals surface area contributed by atoms with Crippen LogP contribution in [0.1, 0.15) is 18.1 Å². The molecule has 0 atom stereocenters. The van der Waals surface area contributed by atoms with Crippen molar-refractivity contribution >= 4 is 34.0 Å². The number of pyridine rings is 1. The molecule has 0 saturated heterocycles. The van der Waals surface area contributed by atoms with Crippen molar-refractivity contribution < 1.29 is 5.11 Å². The number of benzene rings is 2. The van der Waals surface area contributed by atoms with Crippen LogP contribution in [0, 0.1) is 6.92 Å². The van der Waals surface area contributed by atoms with E-state index < -0.39 is 0 Å². The number of aromatic hydroxyl groups is 1. The summed E-state index contributed by atoms with van der Waals surface area (Å²) in [6.45, 7) is 3.91. The van der Waals surface area contributed by atoms with Crippen LogP contribution in [0.2, 0.25) is 5.02 Å². The van der Waals surface area contributed by atoms with E-state index in [0.717, 1.165) is 27.7 Å². The number of hydrogen-bond donors (Lipinski definition) is 2. The van der Waals surface area contributed by atoms with E-state index in [-0.39, 0.29) is 5.75 Å². The normalized spacial score (nSPS) is 11.7. The summed E-state index contributed by atoms with van der Waals surface area (Å²) in [5.74, 6) is 0.912. The fourth-order valence-corrected chi connectivity index (χ4v) is 2.50. The first-order valence-electron chi connectivity index (χ1n) is 7.19. The van der Waals surface area contributed by atoms with E-state index in [0.29, 0.717) is 10.8 Å². The summed E-state index contributed by atoms with van der Waals surface area (Å²) >= 11 is 6.03. The van der Waals surface area contributed by atoms with Crippen LogP contribution in [0.3, 0.4) is 0 Å². The van der Waals surface area contributed by atoms with E-state index >= 15 is 0 Å². The molecule has 3 aromatic rings. The number of hydrazone groups is 1. The third kappa shape index (κ3) is 3.43. The Labute approximate surface area is 139 Å². The number of hydrogen-bond acceptors (Lipinski definition) is 4. The summed E-state index contributed by atoms with van der Waals surface area (Å²) in [4.78, 5) is 4.54. The molecule has 2 aromatic carbocycles. The zero-order valence-electron chi connectivity index (χ0n) is 12.8. The Morgan fingerprint density at radius 1 is 1.13 bits per heavy atom. The molecule has 0 spiro atoms. The first-order valence-corrected chi connectivity index (χ1v) is 7.57. The molecule has 3 rings (SSSR count). The van der Waals surface area contributed by atoms with E-state index in [9.17, 15) is 5.11 Å². The fraction of sp³-hybridized carbons (Fsp3) is 0.111. The van der Waals surface area contributed by atoms with Gasteiger partial charge in [-0.25, -0.2) is 4.98 Å². The standard InChI is InChI=1S/C18H16ClN3O/c1-11-9-18(20-17-8-5-14(19)10-16(11)17)22-21-12(2)13-3-6-15(23)7-4-13/h3-10,23H,1-2H3,(H,20,22). The molecule has 0 aliphatic heterocycles. The molecule has 1 aromatic heterocycles. The first kappa shape index (κ1) is 15.3. The number of halogens is 1. The fourth-order valence-electron chi connectivity index (χ4n) is 2.33. The topological polar surface area (TPSA) is 57.5 Å². The number of aryl methyl sites for hydroxylation is 1. The van der Waals surface area contributed by atoms with Crippen molar-refractivity contribution in [2.45, 2.75) is 13.8 Å². The number of phenols is 1. The molecule has 0 aliphatic rings. The molecule has 0 bridgehead atoms. The zero-order valence-corrected chi connectivity index (χ0v) is 13.6. The number of anilines is 1. The third-order valence-electron chi connectivity index (χ3n) is 3.60. The highest BCUT2D eigenvalue weighted by Gasteiger charge is 2.04. The minimum Gasteiger partial charge on any atom is -0.508 e. The quantitative estimate of drug-likeness (QED) is 0.540. The van der Waals surface area contributed by atoms with Gasteiger partial charge >= 0.3 is 0 Å². The molecule has 0 amide bonds. The summed E-state index contributed by atoms with van der Waals surface area (Å²) in [5.41, 5.74) is 6.67. The smallest absolute Gasteiger partial charge is 0.147 e. The lowest BCUT2D eigenvalue weighted by Gasteiger charge is -2.07. The van der Waals surface area contributed by atoms with Crippen molar-refractivity contribution in [1.29, 1.82) is 0 Å². The lowest BCUT2D eigenvalue weighted by molar-refractivity contribution is 0.475. The highest BCUT2D eigenvalue weighted by molar-refractivity contribution is 6.31. The molecule has 0 saturated carbocycles. The van der Waals surface area contributed by atoms with Gasteiger partial charge in [0.05, 0.1) is 11.2 Å². The van der Waals surface area contributed by atoms with E-state index in [4.69, 9.17) is 11.6 Å². The van der Waals surface area contributed by atoms with Gasteiger partial charge in [-0.15, -0.1) is 0 Å². The highest BCUT2D eigenvalue weighted by Crippen LogP contribution is 2.23. The molecular weight excluding hydrogens is 310 g/mol. The second kappa shape index (κ2) is 6.26. The molecule has 5 heteroatoms. The van der Waals surface area contributed by atoms with Gasteiger partial charge < -0.3 is 5.11 Å². The van der Waals surface area contributed by atoms with Crippen LogP contribution < -0.4 is 5.43 Å². The molecule has 1 heterocycles. The number of fused-ring (bicyclic) bond motifs is 1. The maximum absolute atomic E-state index is 9.32. The van der Waals surface area contributed by atoms with Crippen LogP contribution in [-0.4, -0.2) is 15.8 Å². The molecule has 0 aliphatic carbocycles. The van der Waals surface area contributed by atoms with Crippen molar-refractivity contribution in [2.75, 3.05) is 5.43 Å². The Balaban J connectivity index is 1.88. The molecule has 23 heavy (non-hydrogen) atoms. The Bertz CT molecular complexity index is 889. The van der Waals surface area contributed by atoms with Gasteiger partial charge in [-0.3, -0.25) is 5.43 Å². The van der Waals surface area contributed by atoms with Gasteiger partial charge in [0.2, 0.25) is 0 Å². The van der Waals surface area contributed by atoms with E-state index in [1.54, 1.807) is 12.1 Å². The van der Waals surface area contributed by atoms with Gasteiger partial charge in [-0.05, 0) is 73.5 Å². The van der Waals surface area contributed by atoms with Gasteiger partial charge in [0.15, 0.2) is 0 Å². The lowest BCUT2D eigenvalue weighted by Crippen LogP contribution is -2.01. The molecule has 0 fully saturated rings. The lowest BCUT2D eigenvalue weighted by atomic mass is 10.1. The first-order chi connectivity index (χ1) is 11.0. The summed E-state index contributed by atoms with van der Waals surface area (Å²) in [5, 5.41) is 15.4. The van der Waals surface area contributed by atoms with Gasteiger partial charge in [0.25, 0.3) is 0 Å². The summed E-state index contributed by atoms with van der Waals surface area (Å²) < 4.78 is 0. The average molecular weight is 326 g/mol. The van der Waals surface area contributed by atoms with Crippen molar-refractivity contribution in [3.05, 3.63) is 64.7 Å². The minimum atomic E-state index is 0.236. The number of nitrogens with zero attached hydrogens (tertiary/aromatic N) is 2. The largest absolute Gasteiger partial charge is 0.508 e. The molecular formula is C18H16ClN3O. The van der Waals surface area contributed by atoms with Crippen LogP contribution in [0.5, 0.6) is 5.75 Å². The average Bonchev–Trinajstić information content (AvgIpc) is 2.54. The van der Waals surface area contributed by atoms with Crippen LogP contribution in [0.15, 0.2) is 53.6 Å². The van der Waals surface area contributed by atoms with Gasteiger partial charge in [-0.2, -0.15) is 5.10 Å². The van der Waals surface area contributed by atoms with Crippen molar-refractivity contribution in [3.8, 4) is 5.75 Å². The molecule has 2 N–H and O–H groups in total. The zero-order chi connectivity index (χ0) is 16.4. The third-order valence-corrected chi connectivity index (χ3v) is 3.84. The summed E-state index contributed by atoms with van der Waals surface area (Å²) in [7, 11) is 0. The Hall–Kier alpha value is -2.59. The molecule has 0 unspecified atom stereocenters. The van der Waals surface area contributed by atoms with Crippen LogP contribution in [0.4, 0.5) is 5.82 Å². The highest BCUT2D eigenvalue weighted by atomic mass is 35.5. The number of phenolic OH excluding ortho intramolecular Hbond substituents is 1. The van der Waals surface area contributed by atoms with E-state index in [1.165, 1.54) is 0 Å². The van der Waals surface area contributed by atoms with Gasteiger partial charge in [0, 0.05) is 10.4 Å². The number of aromatic nitrogens is 1.